The summed E-state index contributed by atoms with van der Waals surface area (Å²) >= 11 is 0. The molecular weight excluding hydrogens is 284 g/mol. The lowest BCUT2D eigenvalue weighted by Gasteiger charge is -2.41. The minimum absolute atomic E-state index is 0.00481. The minimum Gasteiger partial charge on any atom is -0.386 e. The van der Waals surface area contributed by atoms with E-state index in [1.165, 1.54) is 14.2 Å². The summed E-state index contributed by atoms with van der Waals surface area (Å²) in [6.45, 7) is 1.86. The van der Waals surface area contributed by atoms with Crippen molar-refractivity contribution in [3.05, 3.63) is 0 Å². The van der Waals surface area contributed by atoms with Crippen molar-refractivity contribution in [2.75, 3.05) is 28.3 Å². The van der Waals surface area contributed by atoms with Crippen LogP contribution in [-0.4, -0.2) is 50.8 Å². The Bertz CT molecular complexity index is 624. The largest absolute Gasteiger partial charge is 0.386 e. The first-order valence-corrected chi connectivity index (χ1v) is 6.85. The standard InChI is InChI=1S/C14H20N6O2/c1-9-6-10(19-20(2)3)12(7-15)11(17)18-14(21-4,22-5)13(9,12)8-16/h9H,6H2,1-5H3,(H2,17,18)/b19-10-/t9-,12+,13-/m1/s1. The third-order valence-corrected chi connectivity index (χ3v) is 4.63. The highest BCUT2D eigenvalue weighted by molar-refractivity contribution is 6.17. The second-order valence-electron chi connectivity index (χ2n) is 5.77. The molecule has 8 nitrogen and oxygen atoms in total. The summed E-state index contributed by atoms with van der Waals surface area (Å²) in [5.41, 5.74) is 3.75. The molecule has 0 unspecified atom stereocenters. The van der Waals surface area contributed by atoms with Crippen molar-refractivity contribution in [3.8, 4) is 12.1 Å². The highest BCUT2D eigenvalue weighted by Gasteiger charge is 2.80. The Kier molecular flexibility index (Phi) is 3.64. The average molecular weight is 304 g/mol. The fourth-order valence-electron chi connectivity index (χ4n) is 3.75. The molecule has 8 heteroatoms. The van der Waals surface area contributed by atoms with Crippen LogP contribution in [0.25, 0.3) is 0 Å². The van der Waals surface area contributed by atoms with Crippen LogP contribution in [0.15, 0.2) is 10.1 Å². The van der Waals surface area contributed by atoms with E-state index in [0.29, 0.717) is 12.1 Å². The van der Waals surface area contributed by atoms with Crippen LogP contribution in [0.3, 0.4) is 0 Å². The zero-order valence-electron chi connectivity index (χ0n) is 13.4. The molecule has 3 atom stereocenters. The lowest BCUT2D eigenvalue weighted by atomic mass is 9.62. The summed E-state index contributed by atoms with van der Waals surface area (Å²) in [7, 11) is 6.27. The smallest absolute Gasteiger partial charge is 0.292 e. The number of ether oxygens (including phenoxy) is 2. The van der Waals surface area contributed by atoms with Crippen LogP contribution in [0.4, 0.5) is 0 Å². The number of nitriles is 2. The van der Waals surface area contributed by atoms with E-state index < -0.39 is 16.7 Å². The van der Waals surface area contributed by atoms with Gasteiger partial charge in [-0.05, 0) is 12.3 Å². The maximum atomic E-state index is 10.0. The maximum absolute atomic E-state index is 10.0. The zero-order chi connectivity index (χ0) is 16.8. The van der Waals surface area contributed by atoms with Crippen LogP contribution in [0, 0.1) is 39.4 Å². The van der Waals surface area contributed by atoms with Crippen LogP contribution < -0.4 is 5.73 Å². The lowest BCUT2D eigenvalue weighted by Crippen LogP contribution is -2.57. The predicted octanol–water partition coefficient (Wildman–Crippen LogP) is 0.281. The Labute approximate surface area is 129 Å². The molecule has 0 radical (unpaired) electrons. The maximum Gasteiger partial charge on any atom is 0.292 e. The SMILES string of the molecule is COC1(OC)N=C(N)[C@]2(C#N)/C(=N\N(C)C)C[C@@H](C)[C@@]12C#N. The molecule has 1 saturated carbocycles. The molecule has 0 aromatic heterocycles. The van der Waals surface area contributed by atoms with E-state index in [2.05, 4.69) is 22.2 Å². The lowest BCUT2D eigenvalue weighted by molar-refractivity contribution is -0.263. The summed E-state index contributed by atoms with van der Waals surface area (Å²) in [5.74, 6) is -1.89. The fraction of sp³-hybridized carbons (Fsp3) is 0.714. The number of hydrogen-bond acceptors (Lipinski definition) is 8. The van der Waals surface area contributed by atoms with Crippen molar-refractivity contribution in [1.82, 2.24) is 5.01 Å². The Morgan fingerprint density at radius 1 is 1.32 bits per heavy atom. The van der Waals surface area contributed by atoms with Gasteiger partial charge in [-0.15, -0.1) is 0 Å². The van der Waals surface area contributed by atoms with Crippen LogP contribution in [-0.2, 0) is 9.47 Å². The van der Waals surface area contributed by atoms with Crippen molar-refractivity contribution in [2.24, 2.45) is 32.6 Å². The van der Waals surface area contributed by atoms with Crippen LogP contribution in [0.1, 0.15) is 13.3 Å². The molecule has 1 aliphatic heterocycles. The van der Waals surface area contributed by atoms with Crippen molar-refractivity contribution >= 4 is 11.5 Å². The number of aliphatic imine (C=N–C) groups is 1. The van der Waals surface area contributed by atoms with Crippen LogP contribution in [0.5, 0.6) is 0 Å². The topological polar surface area (TPSA) is 120 Å². The summed E-state index contributed by atoms with van der Waals surface area (Å²) < 4.78 is 10.9. The number of nitrogens with zero attached hydrogens (tertiary/aromatic N) is 5. The first-order valence-electron chi connectivity index (χ1n) is 6.85. The Hall–Kier alpha value is -2.16. The van der Waals surface area contributed by atoms with Crippen molar-refractivity contribution in [3.63, 3.8) is 0 Å². The van der Waals surface area contributed by atoms with Gasteiger partial charge in [-0.25, -0.2) is 4.99 Å². The number of rotatable bonds is 3. The van der Waals surface area contributed by atoms with E-state index >= 15 is 0 Å². The molecule has 0 bridgehead atoms. The second kappa shape index (κ2) is 4.94. The number of hydrazone groups is 1. The normalized spacial score (nSPS) is 37.3. The summed E-state index contributed by atoms with van der Waals surface area (Å²) in [5, 5.41) is 25.9. The van der Waals surface area contributed by atoms with Gasteiger partial charge in [0, 0.05) is 28.3 Å². The van der Waals surface area contributed by atoms with E-state index in [0.717, 1.165) is 0 Å². The van der Waals surface area contributed by atoms with Gasteiger partial charge in [0.1, 0.15) is 5.84 Å². The van der Waals surface area contributed by atoms with Gasteiger partial charge in [-0.2, -0.15) is 15.6 Å². The Morgan fingerprint density at radius 3 is 2.32 bits per heavy atom. The molecule has 0 spiro atoms. The van der Waals surface area contributed by atoms with Gasteiger partial charge in [0.05, 0.1) is 17.9 Å². The van der Waals surface area contributed by atoms with Gasteiger partial charge >= 0.3 is 0 Å². The van der Waals surface area contributed by atoms with Gasteiger partial charge in [0.25, 0.3) is 5.91 Å². The van der Waals surface area contributed by atoms with Gasteiger partial charge in [0.15, 0.2) is 10.8 Å². The van der Waals surface area contributed by atoms with Crippen LogP contribution >= 0.6 is 0 Å². The Morgan fingerprint density at radius 2 is 1.91 bits per heavy atom. The number of fused-ring (bicyclic) bond motifs is 1. The first kappa shape index (κ1) is 16.2. The third kappa shape index (κ3) is 1.46. The average Bonchev–Trinajstić information content (AvgIpc) is 2.86. The molecule has 1 fully saturated rings. The molecule has 0 aromatic rings. The molecule has 0 amide bonds. The molecule has 22 heavy (non-hydrogen) atoms. The third-order valence-electron chi connectivity index (χ3n) is 4.63. The first-order chi connectivity index (χ1) is 10.3. The van der Waals surface area contributed by atoms with Gasteiger partial charge in [-0.1, -0.05) is 6.92 Å². The fourth-order valence-corrected chi connectivity index (χ4v) is 3.75. The van der Waals surface area contributed by atoms with E-state index in [9.17, 15) is 10.5 Å². The van der Waals surface area contributed by atoms with E-state index in [-0.39, 0.29) is 11.8 Å². The number of nitrogens with two attached hydrogens (primary N) is 1. The van der Waals surface area contributed by atoms with Crippen LogP contribution in [0.2, 0.25) is 0 Å². The zero-order valence-corrected chi connectivity index (χ0v) is 13.4. The van der Waals surface area contributed by atoms with Gasteiger partial charge < -0.3 is 20.2 Å². The minimum atomic E-state index is -1.62. The molecule has 2 aliphatic rings. The molecule has 1 heterocycles. The molecule has 118 valence electrons. The summed E-state index contributed by atoms with van der Waals surface area (Å²) in [6, 6.07) is 4.44. The predicted molar refractivity (Wildman–Crippen MR) is 79.4 cm³/mol. The van der Waals surface area contributed by atoms with Crippen molar-refractivity contribution < 1.29 is 9.47 Å². The number of hydrogen-bond donors (Lipinski definition) is 1. The molecule has 2 rings (SSSR count). The molecule has 2 N–H and O–H groups in total. The second-order valence-corrected chi connectivity index (χ2v) is 5.77. The summed E-state index contributed by atoms with van der Waals surface area (Å²) in [6.07, 6.45) is 0.435. The van der Waals surface area contributed by atoms with E-state index in [1.54, 1.807) is 19.1 Å². The van der Waals surface area contributed by atoms with Gasteiger partial charge in [-0.3, -0.25) is 0 Å². The van der Waals surface area contributed by atoms with Gasteiger partial charge in [0.2, 0.25) is 0 Å². The molecular formula is C14H20N6O2. The summed E-state index contributed by atoms with van der Waals surface area (Å²) in [4.78, 5) is 4.24. The molecule has 0 saturated heterocycles. The molecule has 0 aromatic carbocycles. The highest BCUT2D eigenvalue weighted by Crippen LogP contribution is 2.64. The molecule has 1 aliphatic carbocycles. The number of methoxy groups -OCH3 is 2. The quantitative estimate of drug-likeness (QED) is 0.590. The monoisotopic (exact) mass is 304 g/mol. The van der Waals surface area contributed by atoms with E-state index in [4.69, 9.17) is 15.2 Å². The Balaban J connectivity index is 2.86. The highest BCUT2D eigenvalue weighted by atomic mass is 16.7. The van der Waals surface area contributed by atoms with E-state index in [1.807, 2.05) is 6.92 Å². The van der Waals surface area contributed by atoms with Crippen molar-refractivity contribution in [2.45, 2.75) is 19.3 Å². The van der Waals surface area contributed by atoms with Crippen molar-refractivity contribution in [1.29, 1.82) is 10.5 Å². The number of amidine groups is 1.